The predicted octanol–water partition coefficient (Wildman–Crippen LogP) is 1.14. The average Bonchev–Trinajstić information content (AvgIpc) is 2.35. The lowest BCUT2D eigenvalue weighted by Crippen LogP contribution is -2.58. The Morgan fingerprint density at radius 3 is 2.68 bits per heavy atom. The second kappa shape index (κ2) is 4.74. The topological polar surface area (TPSA) is 69.8 Å². The fourth-order valence-corrected chi connectivity index (χ4v) is 2.31. The number of nitrogens with two attached hydrogens (primary N) is 1. The number of nitrogens with zero attached hydrogens (tertiary/aromatic N) is 2. The summed E-state index contributed by atoms with van der Waals surface area (Å²) in [5.74, 6) is -0.0551. The van der Waals surface area contributed by atoms with Gasteiger partial charge in [0.2, 0.25) is 0 Å². The zero-order valence-electron chi connectivity index (χ0n) is 11.7. The van der Waals surface area contributed by atoms with Gasteiger partial charge in [-0.05, 0) is 39.1 Å². The van der Waals surface area contributed by atoms with E-state index >= 15 is 0 Å². The summed E-state index contributed by atoms with van der Waals surface area (Å²) in [6, 6.07) is 4.48. The summed E-state index contributed by atoms with van der Waals surface area (Å²) >= 11 is 0. The van der Waals surface area contributed by atoms with Gasteiger partial charge >= 0.3 is 0 Å². The number of carbonyl (C=O) groups is 1. The molecule has 0 unspecified atom stereocenters. The standard InChI is InChI=1S/C14H21N3O2/c1-14(2)9-17(7-6-16(14)3)13(19)11-8-10(18)4-5-12(11)15/h4-5,8,18H,6-7,9,15H2,1-3H3. The Bertz CT molecular complexity index is 499. The van der Waals surface area contributed by atoms with Gasteiger partial charge in [-0.3, -0.25) is 9.69 Å². The minimum Gasteiger partial charge on any atom is -0.508 e. The molecule has 5 nitrogen and oxygen atoms in total. The Morgan fingerprint density at radius 2 is 2.05 bits per heavy atom. The summed E-state index contributed by atoms with van der Waals surface area (Å²) in [5, 5.41) is 9.49. The molecule has 0 radical (unpaired) electrons. The Labute approximate surface area is 113 Å². The largest absolute Gasteiger partial charge is 0.508 e. The number of hydrogen-bond donors (Lipinski definition) is 2. The van der Waals surface area contributed by atoms with E-state index in [1.165, 1.54) is 12.1 Å². The number of anilines is 1. The molecule has 0 spiro atoms. The van der Waals surface area contributed by atoms with E-state index in [2.05, 4.69) is 25.8 Å². The maximum absolute atomic E-state index is 12.5. The molecule has 104 valence electrons. The van der Waals surface area contributed by atoms with E-state index < -0.39 is 0 Å². The third-order valence-electron chi connectivity index (χ3n) is 3.87. The number of aromatic hydroxyl groups is 1. The van der Waals surface area contributed by atoms with Gasteiger partial charge in [0.05, 0.1) is 5.56 Å². The normalized spacial score (nSPS) is 19.4. The molecule has 1 aliphatic rings. The van der Waals surface area contributed by atoms with Gasteiger partial charge in [-0.15, -0.1) is 0 Å². The van der Waals surface area contributed by atoms with Crippen molar-refractivity contribution in [1.82, 2.24) is 9.80 Å². The molecule has 19 heavy (non-hydrogen) atoms. The van der Waals surface area contributed by atoms with Crippen LogP contribution in [0.4, 0.5) is 5.69 Å². The van der Waals surface area contributed by atoms with Gasteiger partial charge in [0.25, 0.3) is 5.91 Å². The molecule has 2 rings (SSSR count). The smallest absolute Gasteiger partial charge is 0.256 e. The highest BCUT2D eigenvalue weighted by molar-refractivity contribution is 5.99. The van der Waals surface area contributed by atoms with Crippen molar-refractivity contribution in [3.05, 3.63) is 23.8 Å². The van der Waals surface area contributed by atoms with Crippen molar-refractivity contribution in [2.75, 3.05) is 32.4 Å². The number of phenols is 1. The van der Waals surface area contributed by atoms with E-state index in [4.69, 9.17) is 5.73 Å². The number of phenolic OH excluding ortho intramolecular Hbond substituents is 1. The molecule has 1 amide bonds. The van der Waals surface area contributed by atoms with Crippen molar-refractivity contribution in [3.63, 3.8) is 0 Å². The number of likely N-dealkylation sites (N-methyl/N-ethyl adjacent to an activating group) is 1. The zero-order valence-corrected chi connectivity index (χ0v) is 11.7. The van der Waals surface area contributed by atoms with Gasteiger partial charge in [0.15, 0.2) is 0 Å². The first-order valence-electron chi connectivity index (χ1n) is 6.40. The van der Waals surface area contributed by atoms with Crippen molar-refractivity contribution in [1.29, 1.82) is 0 Å². The van der Waals surface area contributed by atoms with Crippen LogP contribution in [-0.4, -0.2) is 53.0 Å². The van der Waals surface area contributed by atoms with E-state index in [9.17, 15) is 9.90 Å². The maximum Gasteiger partial charge on any atom is 0.256 e. The lowest BCUT2D eigenvalue weighted by atomic mass is 9.99. The molecule has 3 N–H and O–H groups in total. The monoisotopic (exact) mass is 263 g/mol. The Hall–Kier alpha value is -1.75. The van der Waals surface area contributed by atoms with E-state index in [1.807, 2.05) is 0 Å². The molecule has 0 saturated carbocycles. The number of benzene rings is 1. The number of nitrogen functional groups attached to an aromatic ring is 1. The molecule has 0 bridgehead atoms. The minimum absolute atomic E-state index is 0.0561. The van der Waals surface area contributed by atoms with Crippen LogP contribution in [0.15, 0.2) is 18.2 Å². The van der Waals surface area contributed by atoms with Crippen molar-refractivity contribution in [2.24, 2.45) is 0 Å². The number of piperazine rings is 1. The van der Waals surface area contributed by atoms with Gasteiger partial charge < -0.3 is 15.7 Å². The van der Waals surface area contributed by atoms with Crippen molar-refractivity contribution < 1.29 is 9.90 Å². The first kappa shape index (κ1) is 13.7. The summed E-state index contributed by atoms with van der Waals surface area (Å²) in [5.41, 5.74) is 6.54. The van der Waals surface area contributed by atoms with Crippen LogP contribution < -0.4 is 5.73 Å². The molecule has 0 aromatic heterocycles. The van der Waals surface area contributed by atoms with Crippen LogP contribution >= 0.6 is 0 Å². The molecule has 5 heteroatoms. The molecule has 1 fully saturated rings. The quantitative estimate of drug-likeness (QED) is 0.589. The summed E-state index contributed by atoms with van der Waals surface area (Å²) in [6.07, 6.45) is 0. The SMILES string of the molecule is CN1CCN(C(=O)c2cc(O)ccc2N)CC1(C)C. The van der Waals surface area contributed by atoms with E-state index in [0.29, 0.717) is 24.3 Å². The van der Waals surface area contributed by atoms with Crippen molar-refractivity contribution in [2.45, 2.75) is 19.4 Å². The number of hydrogen-bond acceptors (Lipinski definition) is 4. The van der Waals surface area contributed by atoms with Crippen LogP contribution in [0.2, 0.25) is 0 Å². The van der Waals surface area contributed by atoms with Crippen molar-refractivity contribution >= 4 is 11.6 Å². The van der Waals surface area contributed by atoms with Crippen LogP contribution in [0.25, 0.3) is 0 Å². The minimum atomic E-state index is -0.116. The summed E-state index contributed by atoms with van der Waals surface area (Å²) in [4.78, 5) is 16.5. The lowest BCUT2D eigenvalue weighted by molar-refractivity contribution is 0.0312. The van der Waals surface area contributed by atoms with Gasteiger partial charge in [0, 0.05) is 30.9 Å². The summed E-state index contributed by atoms with van der Waals surface area (Å²) in [7, 11) is 2.06. The number of amides is 1. The zero-order chi connectivity index (χ0) is 14.2. The number of rotatable bonds is 1. The van der Waals surface area contributed by atoms with Crippen LogP contribution in [0.1, 0.15) is 24.2 Å². The highest BCUT2D eigenvalue weighted by Crippen LogP contribution is 2.24. The molecule has 1 aromatic rings. The molecular formula is C14H21N3O2. The van der Waals surface area contributed by atoms with Gasteiger partial charge in [-0.1, -0.05) is 0 Å². The van der Waals surface area contributed by atoms with Crippen LogP contribution in [-0.2, 0) is 0 Å². The van der Waals surface area contributed by atoms with Crippen LogP contribution in [0.5, 0.6) is 5.75 Å². The molecule has 1 heterocycles. The third kappa shape index (κ3) is 2.66. The summed E-state index contributed by atoms with van der Waals surface area (Å²) in [6.45, 7) is 6.37. The second-order valence-electron chi connectivity index (χ2n) is 5.73. The van der Waals surface area contributed by atoms with Crippen molar-refractivity contribution in [3.8, 4) is 5.75 Å². The van der Waals surface area contributed by atoms with E-state index in [1.54, 1.807) is 11.0 Å². The third-order valence-corrected chi connectivity index (χ3v) is 3.87. The molecule has 1 aliphatic heterocycles. The van der Waals surface area contributed by atoms with Gasteiger partial charge in [0.1, 0.15) is 5.75 Å². The molecular weight excluding hydrogens is 242 g/mol. The molecule has 0 atom stereocenters. The Morgan fingerprint density at radius 1 is 1.37 bits per heavy atom. The van der Waals surface area contributed by atoms with E-state index in [-0.39, 0.29) is 17.2 Å². The van der Waals surface area contributed by atoms with Gasteiger partial charge in [-0.2, -0.15) is 0 Å². The first-order chi connectivity index (χ1) is 8.81. The number of carbonyl (C=O) groups excluding carboxylic acids is 1. The lowest BCUT2D eigenvalue weighted by Gasteiger charge is -2.45. The maximum atomic E-state index is 12.5. The summed E-state index contributed by atoms with van der Waals surface area (Å²) < 4.78 is 0. The Balaban J connectivity index is 2.23. The highest BCUT2D eigenvalue weighted by atomic mass is 16.3. The van der Waals surface area contributed by atoms with Gasteiger partial charge in [-0.25, -0.2) is 0 Å². The second-order valence-corrected chi connectivity index (χ2v) is 5.73. The fourth-order valence-electron chi connectivity index (χ4n) is 2.31. The molecule has 0 aliphatic carbocycles. The van der Waals surface area contributed by atoms with E-state index in [0.717, 1.165) is 6.54 Å². The molecule has 1 saturated heterocycles. The Kier molecular flexibility index (Phi) is 3.41. The van der Waals surface area contributed by atoms with Crippen LogP contribution in [0.3, 0.4) is 0 Å². The first-order valence-corrected chi connectivity index (χ1v) is 6.40. The molecule has 1 aromatic carbocycles. The van der Waals surface area contributed by atoms with Crippen LogP contribution in [0, 0.1) is 0 Å². The predicted molar refractivity (Wildman–Crippen MR) is 75.1 cm³/mol. The average molecular weight is 263 g/mol. The highest BCUT2D eigenvalue weighted by Gasteiger charge is 2.33. The fraction of sp³-hybridized carbons (Fsp3) is 0.500.